The second-order valence-corrected chi connectivity index (χ2v) is 5.83. The normalized spacial score (nSPS) is 11.1. The number of aromatic nitrogens is 4. The smallest absolute Gasteiger partial charge is 0.226 e. The van der Waals surface area contributed by atoms with Crippen molar-refractivity contribution in [3.05, 3.63) is 40.4 Å². The Bertz CT molecular complexity index is 851. The lowest BCUT2D eigenvalue weighted by molar-refractivity contribution is 0.210. The summed E-state index contributed by atoms with van der Waals surface area (Å²) in [6.45, 7) is 1.57. The van der Waals surface area contributed by atoms with Crippen LogP contribution in [0.25, 0.3) is 11.2 Å². The van der Waals surface area contributed by atoms with Gasteiger partial charge in [0.25, 0.3) is 0 Å². The molecule has 0 atom stereocenters. The first-order valence-electron chi connectivity index (χ1n) is 7.25. The van der Waals surface area contributed by atoms with Crippen LogP contribution in [-0.2, 0) is 11.3 Å². The Labute approximate surface area is 146 Å². The molecule has 0 fully saturated rings. The first kappa shape index (κ1) is 16.6. The number of ether oxygens (including phenoxy) is 1. The number of methoxy groups -OCH3 is 1. The predicted octanol–water partition coefficient (Wildman–Crippen LogP) is 2.42. The topological polar surface area (TPSA) is 90.9 Å². The van der Waals surface area contributed by atoms with E-state index in [1.807, 2.05) is 4.57 Å². The van der Waals surface area contributed by atoms with Crippen molar-refractivity contribution >= 4 is 38.9 Å². The van der Waals surface area contributed by atoms with E-state index >= 15 is 0 Å². The molecule has 3 aromatic rings. The van der Waals surface area contributed by atoms with E-state index in [1.165, 1.54) is 12.1 Å². The van der Waals surface area contributed by atoms with Gasteiger partial charge in [-0.05, 0) is 33.6 Å². The van der Waals surface area contributed by atoms with Crippen LogP contribution in [0.2, 0.25) is 0 Å². The van der Waals surface area contributed by atoms with Crippen molar-refractivity contribution in [3.8, 4) is 0 Å². The molecule has 24 heavy (non-hydrogen) atoms. The number of anilines is 2. The lowest BCUT2D eigenvalue weighted by atomic mass is 10.2. The highest BCUT2D eigenvalue weighted by molar-refractivity contribution is 9.10. The van der Waals surface area contributed by atoms with E-state index in [1.54, 1.807) is 19.2 Å². The highest BCUT2D eigenvalue weighted by atomic mass is 79.9. The largest absolute Gasteiger partial charge is 0.383 e. The molecule has 9 heteroatoms. The molecule has 0 aliphatic carbocycles. The zero-order valence-corrected chi connectivity index (χ0v) is 14.5. The number of hydrogen-bond donors (Lipinski definition) is 2. The van der Waals surface area contributed by atoms with Gasteiger partial charge in [-0.15, -0.1) is 0 Å². The van der Waals surface area contributed by atoms with Crippen LogP contribution in [0.3, 0.4) is 0 Å². The maximum absolute atomic E-state index is 13.1. The van der Waals surface area contributed by atoms with Crippen LogP contribution in [0.4, 0.5) is 16.2 Å². The summed E-state index contributed by atoms with van der Waals surface area (Å²) in [6.07, 6.45) is 0. The zero-order chi connectivity index (χ0) is 17.1. The van der Waals surface area contributed by atoms with Crippen molar-refractivity contribution in [1.82, 2.24) is 19.5 Å². The molecule has 0 radical (unpaired) electrons. The van der Waals surface area contributed by atoms with Gasteiger partial charge < -0.3 is 15.8 Å². The van der Waals surface area contributed by atoms with Crippen LogP contribution in [0.5, 0.6) is 0 Å². The predicted molar refractivity (Wildman–Crippen MR) is 93.3 cm³/mol. The minimum absolute atomic E-state index is 0.274. The third-order valence-corrected chi connectivity index (χ3v) is 4.02. The van der Waals surface area contributed by atoms with E-state index in [4.69, 9.17) is 10.5 Å². The van der Waals surface area contributed by atoms with Crippen molar-refractivity contribution in [2.24, 2.45) is 0 Å². The Balaban J connectivity index is 1.96. The molecule has 3 rings (SSSR count). The minimum atomic E-state index is -0.274. The average molecular weight is 395 g/mol. The van der Waals surface area contributed by atoms with Gasteiger partial charge in [0.15, 0.2) is 21.7 Å². The highest BCUT2D eigenvalue weighted by Crippen LogP contribution is 2.24. The Morgan fingerprint density at radius 2 is 2.00 bits per heavy atom. The van der Waals surface area contributed by atoms with Gasteiger partial charge in [-0.3, -0.25) is 4.57 Å². The molecular weight excluding hydrogens is 379 g/mol. The second-order valence-electron chi connectivity index (χ2n) is 5.12. The molecule has 0 unspecified atom stereocenters. The third-order valence-electron chi connectivity index (χ3n) is 3.42. The van der Waals surface area contributed by atoms with Crippen LogP contribution in [0.15, 0.2) is 29.0 Å². The number of nitrogen functional groups attached to an aromatic ring is 1. The number of halogens is 2. The Morgan fingerprint density at radius 3 is 2.71 bits per heavy atom. The molecule has 0 saturated carbocycles. The summed E-state index contributed by atoms with van der Waals surface area (Å²) in [6, 6.07) is 6.28. The molecular formula is C15H16BrFN6O. The van der Waals surface area contributed by atoms with Gasteiger partial charge in [-0.25, -0.2) is 9.37 Å². The quantitative estimate of drug-likeness (QED) is 0.492. The van der Waals surface area contributed by atoms with Crippen LogP contribution < -0.4 is 11.1 Å². The molecule has 126 valence electrons. The molecule has 0 amide bonds. The van der Waals surface area contributed by atoms with Crippen LogP contribution in [0, 0.1) is 5.82 Å². The molecule has 0 aliphatic rings. The number of nitrogens with two attached hydrogens (primary N) is 1. The SMILES string of the molecule is COCCNc1nc(N)c2nc(Br)n(Cc3ccc(F)cc3)c2n1. The molecule has 0 bridgehead atoms. The van der Waals surface area contributed by atoms with Gasteiger partial charge in [0.1, 0.15) is 5.82 Å². The van der Waals surface area contributed by atoms with Gasteiger partial charge in [-0.2, -0.15) is 9.97 Å². The molecule has 0 aliphatic heterocycles. The average Bonchev–Trinajstić information content (AvgIpc) is 2.87. The van der Waals surface area contributed by atoms with Gasteiger partial charge >= 0.3 is 0 Å². The molecule has 1 aromatic carbocycles. The van der Waals surface area contributed by atoms with Crippen molar-refractivity contribution < 1.29 is 9.13 Å². The fourth-order valence-electron chi connectivity index (χ4n) is 2.25. The number of rotatable bonds is 6. The van der Waals surface area contributed by atoms with E-state index in [0.717, 1.165) is 5.56 Å². The summed E-state index contributed by atoms with van der Waals surface area (Å²) >= 11 is 3.42. The third kappa shape index (κ3) is 3.46. The molecule has 2 heterocycles. The van der Waals surface area contributed by atoms with E-state index in [9.17, 15) is 4.39 Å². The lowest BCUT2D eigenvalue weighted by Crippen LogP contribution is -2.12. The van der Waals surface area contributed by atoms with Crippen molar-refractivity contribution in [2.75, 3.05) is 31.3 Å². The first-order valence-corrected chi connectivity index (χ1v) is 8.04. The fraction of sp³-hybridized carbons (Fsp3) is 0.267. The zero-order valence-electron chi connectivity index (χ0n) is 13.0. The Kier molecular flexibility index (Phi) is 4.91. The summed E-state index contributed by atoms with van der Waals surface area (Å²) in [5.41, 5.74) is 8.02. The number of fused-ring (bicyclic) bond motifs is 1. The Hall–Kier alpha value is -2.26. The molecule has 2 aromatic heterocycles. The van der Waals surface area contributed by atoms with Gasteiger partial charge in [-0.1, -0.05) is 12.1 Å². The molecule has 3 N–H and O–H groups in total. The molecule has 0 saturated heterocycles. The minimum Gasteiger partial charge on any atom is -0.383 e. The maximum Gasteiger partial charge on any atom is 0.226 e. The van der Waals surface area contributed by atoms with E-state index in [0.29, 0.717) is 47.4 Å². The molecule has 0 spiro atoms. The summed E-state index contributed by atoms with van der Waals surface area (Å²) in [5, 5.41) is 3.05. The number of nitrogens with one attached hydrogen (secondary N) is 1. The van der Waals surface area contributed by atoms with Crippen molar-refractivity contribution in [3.63, 3.8) is 0 Å². The summed E-state index contributed by atoms with van der Waals surface area (Å²) in [7, 11) is 1.62. The second kappa shape index (κ2) is 7.10. The number of imidazole rings is 1. The lowest BCUT2D eigenvalue weighted by Gasteiger charge is -2.08. The maximum atomic E-state index is 13.1. The number of hydrogen-bond acceptors (Lipinski definition) is 6. The monoisotopic (exact) mass is 394 g/mol. The van der Waals surface area contributed by atoms with E-state index in [-0.39, 0.29) is 5.82 Å². The number of benzene rings is 1. The molecule has 7 nitrogen and oxygen atoms in total. The van der Waals surface area contributed by atoms with Crippen molar-refractivity contribution in [1.29, 1.82) is 0 Å². The highest BCUT2D eigenvalue weighted by Gasteiger charge is 2.15. The van der Waals surface area contributed by atoms with Crippen molar-refractivity contribution in [2.45, 2.75) is 6.54 Å². The van der Waals surface area contributed by atoms with Gasteiger partial charge in [0, 0.05) is 13.7 Å². The first-order chi connectivity index (χ1) is 11.6. The summed E-state index contributed by atoms with van der Waals surface area (Å²) < 4.78 is 20.5. The van der Waals surface area contributed by atoms with Crippen LogP contribution in [0.1, 0.15) is 5.56 Å². The summed E-state index contributed by atoms with van der Waals surface area (Å²) in [5.74, 6) is 0.424. The van der Waals surface area contributed by atoms with Gasteiger partial charge in [0.05, 0.1) is 13.2 Å². The van der Waals surface area contributed by atoms with E-state index < -0.39 is 0 Å². The summed E-state index contributed by atoms with van der Waals surface area (Å²) in [4.78, 5) is 13.0. The van der Waals surface area contributed by atoms with E-state index in [2.05, 4.69) is 36.2 Å². The number of nitrogens with zero attached hydrogens (tertiary/aromatic N) is 4. The standard InChI is InChI=1S/C15H16BrFN6O/c1-24-7-6-19-15-21-12(18)11-13(22-15)23(14(16)20-11)8-9-2-4-10(17)5-3-9/h2-5H,6-8H2,1H3,(H3,18,19,21,22). The fourth-order valence-corrected chi connectivity index (χ4v) is 2.72. The Morgan fingerprint density at radius 1 is 1.25 bits per heavy atom. The van der Waals surface area contributed by atoms with Crippen LogP contribution >= 0.6 is 15.9 Å². The van der Waals surface area contributed by atoms with Gasteiger partial charge in [0.2, 0.25) is 5.95 Å². The van der Waals surface area contributed by atoms with Crippen LogP contribution in [-0.4, -0.2) is 39.8 Å².